The number of carbonyl (C=O) groups excluding carboxylic acids is 3. The highest BCUT2D eigenvalue weighted by Crippen LogP contribution is 2.21. The molecule has 0 unspecified atom stereocenters. The van der Waals surface area contributed by atoms with Gasteiger partial charge in [0.05, 0.1) is 0 Å². The van der Waals surface area contributed by atoms with Gasteiger partial charge in [0, 0.05) is 23.2 Å². The first kappa shape index (κ1) is 14.0. The summed E-state index contributed by atoms with van der Waals surface area (Å²) in [6.07, 6.45) is -4.08. The van der Waals surface area contributed by atoms with Gasteiger partial charge in [-0.25, -0.2) is 0 Å². The number of carbonyl (C=O) groups is 3. The number of benzene rings is 1. The number of hydrogen-bond acceptors (Lipinski definition) is 3. The lowest BCUT2D eigenvalue weighted by molar-refractivity contribution is -0.173. The molecule has 1 aliphatic rings. The van der Waals surface area contributed by atoms with Gasteiger partial charge in [0.1, 0.15) is 0 Å². The van der Waals surface area contributed by atoms with Crippen LogP contribution in [0.15, 0.2) is 35.9 Å². The Kier molecular flexibility index (Phi) is 3.44. The van der Waals surface area contributed by atoms with E-state index >= 15 is 0 Å². The van der Waals surface area contributed by atoms with Crippen LogP contribution in [0.5, 0.6) is 0 Å². The van der Waals surface area contributed by atoms with Gasteiger partial charge in [0.2, 0.25) is 0 Å². The predicted octanol–water partition coefficient (Wildman–Crippen LogP) is 1.67. The normalized spacial score (nSPS) is 14.7. The molecule has 104 valence electrons. The molecule has 0 fully saturated rings. The fraction of sp³-hybridized carbons (Fsp3) is 0.154. The quantitative estimate of drug-likeness (QED) is 0.898. The van der Waals surface area contributed by atoms with Crippen molar-refractivity contribution in [3.05, 3.63) is 47.0 Å². The van der Waals surface area contributed by atoms with Crippen LogP contribution in [-0.4, -0.2) is 30.2 Å². The van der Waals surface area contributed by atoms with Crippen LogP contribution >= 0.6 is 0 Å². The van der Waals surface area contributed by atoms with Gasteiger partial charge in [-0.15, -0.1) is 0 Å². The van der Waals surface area contributed by atoms with Crippen molar-refractivity contribution in [2.75, 3.05) is 6.54 Å². The average molecular weight is 283 g/mol. The maximum Gasteiger partial charge on any atom is 0.471 e. The topological polar surface area (TPSA) is 63.2 Å². The van der Waals surface area contributed by atoms with Crippen LogP contribution < -0.4 is 5.32 Å². The van der Waals surface area contributed by atoms with Crippen molar-refractivity contribution in [2.45, 2.75) is 6.18 Å². The van der Waals surface area contributed by atoms with E-state index in [1.165, 1.54) is 12.1 Å². The number of alkyl halides is 3. The largest absolute Gasteiger partial charge is 0.471 e. The summed E-state index contributed by atoms with van der Waals surface area (Å²) in [4.78, 5) is 34.4. The third-order valence-electron chi connectivity index (χ3n) is 2.73. The number of ketones is 2. The van der Waals surface area contributed by atoms with Crippen molar-refractivity contribution >= 4 is 17.5 Å². The number of rotatable bonds is 2. The van der Waals surface area contributed by atoms with Crippen LogP contribution in [0.25, 0.3) is 0 Å². The molecular weight excluding hydrogens is 275 g/mol. The van der Waals surface area contributed by atoms with Crippen molar-refractivity contribution in [1.29, 1.82) is 0 Å². The van der Waals surface area contributed by atoms with Crippen molar-refractivity contribution in [3.8, 4) is 0 Å². The van der Waals surface area contributed by atoms with Gasteiger partial charge in [-0.3, -0.25) is 14.4 Å². The van der Waals surface area contributed by atoms with Crippen LogP contribution in [-0.2, 0) is 4.79 Å². The second kappa shape index (κ2) is 4.92. The summed E-state index contributed by atoms with van der Waals surface area (Å²) in [6.45, 7) is -0.642. The van der Waals surface area contributed by atoms with Crippen LogP contribution in [0.4, 0.5) is 13.2 Å². The van der Waals surface area contributed by atoms with E-state index in [-0.39, 0.29) is 16.7 Å². The molecule has 2 rings (SSSR count). The molecule has 0 saturated heterocycles. The first-order valence-corrected chi connectivity index (χ1v) is 5.54. The number of Topliss-reactive ketones (excluding diaryl/α,β-unsaturated/α-hetero) is 1. The molecule has 20 heavy (non-hydrogen) atoms. The molecule has 0 atom stereocenters. The van der Waals surface area contributed by atoms with E-state index in [4.69, 9.17) is 0 Å². The number of nitrogens with one attached hydrogen (secondary N) is 1. The molecule has 1 aromatic rings. The number of halogens is 3. The minimum Gasteiger partial charge on any atom is -0.344 e. The summed E-state index contributed by atoms with van der Waals surface area (Å²) in [5, 5.41) is 1.57. The van der Waals surface area contributed by atoms with E-state index in [2.05, 4.69) is 0 Å². The minimum atomic E-state index is -5.03. The van der Waals surface area contributed by atoms with Gasteiger partial charge in [0.25, 0.3) is 0 Å². The van der Waals surface area contributed by atoms with Gasteiger partial charge < -0.3 is 5.32 Å². The first-order valence-electron chi connectivity index (χ1n) is 5.54. The standard InChI is InChI=1S/C13H8F3NO3/c14-13(15,16)12(20)17-6-7-5-10(18)8-3-1-2-4-9(8)11(7)19/h1-5H,6H2,(H,17,20). The number of fused-ring (bicyclic) bond motifs is 1. The van der Waals surface area contributed by atoms with Crippen molar-refractivity contribution in [3.63, 3.8) is 0 Å². The molecule has 0 aromatic heterocycles. The molecule has 1 N–H and O–H groups in total. The molecule has 0 bridgehead atoms. The average Bonchev–Trinajstić information content (AvgIpc) is 2.40. The molecule has 1 aromatic carbocycles. The highest BCUT2D eigenvalue weighted by atomic mass is 19.4. The van der Waals surface area contributed by atoms with E-state index < -0.39 is 30.2 Å². The summed E-state index contributed by atoms with van der Waals surface area (Å²) >= 11 is 0. The van der Waals surface area contributed by atoms with Crippen molar-refractivity contribution < 1.29 is 27.6 Å². The highest BCUT2D eigenvalue weighted by molar-refractivity contribution is 6.24. The zero-order chi connectivity index (χ0) is 14.9. The number of allylic oxidation sites excluding steroid dienone is 1. The minimum absolute atomic E-state index is 0.122. The van der Waals surface area contributed by atoms with Gasteiger partial charge >= 0.3 is 12.1 Å². The van der Waals surface area contributed by atoms with Gasteiger partial charge in [0.15, 0.2) is 11.6 Å². The molecule has 7 heteroatoms. The molecule has 0 radical (unpaired) electrons. The fourth-order valence-electron chi connectivity index (χ4n) is 1.78. The Morgan fingerprint density at radius 3 is 2.30 bits per heavy atom. The lowest BCUT2D eigenvalue weighted by Crippen LogP contribution is -2.39. The summed E-state index contributed by atoms with van der Waals surface area (Å²) in [7, 11) is 0. The van der Waals surface area contributed by atoms with Crippen molar-refractivity contribution in [2.24, 2.45) is 0 Å². The van der Waals surface area contributed by atoms with Crippen molar-refractivity contribution in [1.82, 2.24) is 5.32 Å². The Bertz CT molecular complexity index is 632. The monoisotopic (exact) mass is 283 g/mol. The summed E-state index contributed by atoms with van der Waals surface area (Å²) in [5.41, 5.74) is 0.144. The Morgan fingerprint density at radius 2 is 1.70 bits per heavy atom. The summed E-state index contributed by atoms with van der Waals surface area (Å²) in [6, 6.07) is 5.99. The van der Waals surface area contributed by atoms with E-state index in [1.807, 2.05) is 0 Å². The second-order valence-corrected chi connectivity index (χ2v) is 4.09. The van der Waals surface area contributed by atoms with E-state index in [9.17, 15) is 27.6 Å². The zero-order valence-electron chi connectivity index (χ0n) is 9.95. The van der Waals surface area contributed by atoms with Gasteiger partial charge in [-0.2, -0.15) is 13.2 Å². The predicted molar refractivity (Wildman–Crippen MR) is 62.3 cm³/mol. The lowest BCUT2D eigenvalue weighted by atomic mass is 9.89. The number of hydrogen-bond donors (Lipinski definition) is 1. The van der Waals surface area contributed by atoms with Gasteiger partial charge in [-0.05, 0) is 6.08 Å². The summed E-state index contributed by atoms with van der Waals surface area (Å²) < 4.78 is 36.1. The SMILES string of the molecule is O=C1C=C(CNC(=O)C(F)(F)F)C(=O)c2ccccc21. The molecule has 0 heterocycles. The van der Waals surface area contributed by atoms with Crippen LogP contribution in [0.2, 0.25) is 0 Å². The summed E-state index contributed by atoms with van der Waals surface area (Å²) in [5.74, 6) is -3.20. The third kappa shape index (κ3) is 2.61. The molecule has 0 saturated carbocycles. The molecule has 0 spiro atoms. The Hall–Kier alpha value is -2.44. The Labute approximate surface area is 111 Å². The van der Waals surface area contributed by atoms with Gasteiger partial charge in [-0.1, -0.05) is 24.3 Å². The Morgan fingerprint density at radius 1 is 1.10 bits per heavy atom. The first-order chi connectivity index (χ1) is 9.30. The molecule has 4 nitrogen and oxygen atoms in total. The van der Waals surface area contributed by atoms with E-state index in [0.717, 1.165) is 6.08 Å². The number of amides is 1. The smallest absolute Gasteiger partial charge is 0.344 e. The van der Waals surface area contributed by atoms with E-state index in [0.29, 0.717) is 0 Å². The lowest BCUT2D eigenvalue weighted by Gasteiger charge is -2.15. The molecule has 0 aliphatic heterocycles. The highest BCUT2D eigenvalue weighted by Gasteiger charge is 2.38. The zero-order valence-corrected chi connectivity index (χ0v) is 9.95. The fourth-order valence-corrected chi connectivity index (χ4v) is 1.78. The van der Waals surface area contributed by atoms with Crippen LogP contribution in [0.3, 0.4) is 0 Å². The molecule has 1 aliphatic carbocycles. The van der Waals surface area contributed by atoms with Crippen LogP contribution in [0, 0.1) is 0 Å². The maximum absolute atomic E-state index is 12.0. The second-order valence-electron chi connectivity index (χ2n) is 4.09. The van der Waals surface area contributed by atoms with Crippen LogP contribution in [0.1, 0.15) is 20.7 Å². The third-order valence-corrected chi connectivity index (χ3v) is 2.73. The molecular formula is C13H8F3NO3. The molecule has 1 amide bonds. The Balaban J connectivity index is 2.18. The maximum atomic E-state index is 12.0. The van der Waals surface area contributed by atoms with E-state index in [1.54, 1.807) is 17.4 Å².